The second-order valence-electron chi connectivity index (χ2n) is 7.60. The molecule has 14 heteroatoms. The number of anilines is 3. The molecule has 0 spiro atoms. The van der Waals surface area contributed by atoms with Crippen molar-refractivity contribution in [2.45, 2.75) is 25.1 Å². The fourth-order valence-electron chi connectivity index (χ4n) is 3.49. The first kappa shape index (κ1) is 25.0. The Labute approximate surface area is 194 Å². The van der Waals surface area contributed by atoms with Crippen LogP contribution in [0.5, 0.6) is 0 Å². The van der Waals surface area contributed by atoms with E-state index >= 15 is 4.39 Å². The Balaban J connectivity index is 2.15. The molecule has 1 aliphatic heterocycles. The van der Waals surface area contributed by atoms with Gasteiger partial charge < -0.3 is 21.5 Å². The number of hydrogen-bond donors (Lipinski definition) is 4. The molecule has 0 aromatic heterocycles. The van der Waals surface area contributed by atoms with E-state index in [1.165, 1.54) is 14.0 Å². The van der Waals surface area contributed by atoms with Gasteiger partial charge in [0.25, 0.3) is 0 Å². The zero-order chi connectivity index (χ0) is 25.6. The Kier molecular flexibility index (Phi) is 6.35. The topological polar surface area (TPSA) is 120 Å². The molecule has 0 radical (unpaired) electrons. The third kappa shape index (κ3) is 4.55. The van der Waals surface area contributed by atoms with E-state index in [4.69, 9.17) is 22.4 Å². The third-order valence-corrected chi connectivity index (χ3v) is 5.51. The van der Waals surface area contributed by atoms with Crippen LogP contribution in [-0.4, -0.2) is 35.0 Å². The molecule has 3 rings (SSSR count). The molecule has 8 nitrogen and oxygen atoms in total. The number of nitrogens with zero attached hydrogens (tertiary/aromatic N) is 2. The summed E-state index contributed by atoms with van der Waals surface area (Å²) < 4.78 is 70.9. The second kappa shape index (κ2) is 8.63. The highest BCUT2D eigenvalue weighted by molar-refractivity contribution is 6.32. The van der Waals surface area contributed by atoms with Gasteiger partial charge >= 0.3 is 12.3 Å². The lowest BCUT2D eigenvalue weighted by molar-refractivity contribution is -0.136. The maximum Gasteiger partial charge on any atom is 0.434 e. The Morgan fingerprint density at radius 2 is 1.91 bits per heavy atom. The first-order valence-corrected chi connectivity index (χ1v) is 9.80. The monoisotopic (exact) mass is 505 g/mol. The fourth-order valence-corrected chi connectivity index (χ4v) is 3.76. The molecule has 34 heavy (non-hydrogen) atoms. The number of nitrogens with two attached hydrogens (primary N) is 1. The first-order chi connectivity index (χ1) is 15.7. The predicted octanol–water partition coefficient (Wildman–Crippen LogP) is 4.66. The molecular formula is C20H17ClF5N5O3. The van der Waals surface area contributed by atoms with Crippen molar-refractivity contribution in [3.63, 3.8) is 0 Å². The first-order valence-electron chi connectivity index (χ1n) is 9.42. The van der Waals surface area contributed by atoms with Crippen molar-refractivity contribution >= 4 is 46.6 Å². The molecule has 0 unspecified atom stereocenters. The van der Waals surface area contributed by atoms with Crippen molar-refractivity contribution in [2.24, 2.45) is 4.99 Å². The average molecular weight is 506 g/mol. The fraction of sp³-hybridized carbons (Fsp3) is 0.250. The molecule has 0 bridgehead atoms. The number of nitrogen functional groups attached to an aromatic ring is 1. The van der Waals surface area contributed by atoms with E-state index in [1.54, 1.807) is 0 Å². The van der Waals surface area contributed by atoms with E-state index in [2.05, 4.69) is 15.6 Å². The van der Waals surface area contributed by atoms with Gasteiger partial charge in [0.05, 0.1) is 33.9 Å². The van der Waals surface area contributed by atoms with E-state index in [0.29, 0.717) is 0 Å². The molecule has 182 valence electrons. The van der Waals surface area contributed by atoms with Crippen LogP contribution in [0.4, 0.5) is 43.8 Å². The number of aliphatic imine (C=N–C) groups is 1. The SMILES string of the molecule is CN1C(=O)C[C@@](C)(c2ccc(F)c(Nc3c(N)ccc(Cl)c3C(F)(F)F)c2F)N/C1=N\C(=O)O. The van der Waals surface area contributed by atoms with Gasteiger partial charge in [-0.05, 0) is 25.1 Å². The number of hydrogen-bond acceptors (Lipinski definition) is 4. The third-order valence-electron chi connectivity index (χ3n) is 5.19. The number of carbonyl (C=O) groups excluding carboxylic acids is 1. The van der Waals surface area contributed by atoms with E-state index in [0.717, 1.165) is 29.2 Å². The van der Waals surface area contributed by atoms with Crippen molar-refractivity contribution in [2.75, 3.05) is 18.1 Å². The number of benzene rings is 2. The van der Waals surface area contributed by atoms with Crippen LogP contribution < -0.4 is 16.4 Å². The normalized spacial score (nSPS) is 19.8. The molecular weight excluding hydrogens is 489 g/mol. The Morgan fingerprint density at radius 1 is 1.26 bits per heavy atom. The highest BCUT2D eigenvalue weighted by Gasteiger charge is 2.42. The summed E-state index contributed by atoms with van der Waals surface area (Å²) in [6.45, 7) is 1.32. The molecule has 1 aliphatic rings. The number of halogens is 6. The van der Waals surface area contributed by atoms with Crippen LogP contribution in [0.25, 0.3) is 0 Å². The number of nitrogens with one attached hydrogen (secondary N) is 2. The van der Waals surface area contributed by atoms with Crippen molar-refractivity contribution in [1.29, 1.82) is 0 Å². The van der Waals surface area contributed by atoms with Crippen LogP contribution in [-0.2, 0) is 16.5 Å². The number of carbonyl (C=O) groups is 2. The predicted molar refractivity (Wildman–Crippen MR) is 114 cm³/mol. The number of alkyl halides is 3. The van der Waals surface area contributed by atoms with Gasteiger partial charge in [-0.3, -0.25) is 9.69 Å². The summed E-state index contributed by atoms with van der Waals surface area (Å²) in [6.07, 6.45) is -7.04. The molecule has 5 N–H and O–H groups in total. The maximum absolute atomic E-state index is 15.5. The minimum absolute atomic E-state index is 0.343. The smallest absolute Gasteiger partial charge is 0.434 e. The van der Waals surface area contributed by atoms with Gasteiger partial charge in [-0.1, -0.05) is 17.7 Å². The highest BCUT2D eigenvalue weighted by atomic mass is 35.5. The standard InChI is InChI=1S/C20H17ClF5N5O3/c1-19(7-12(32)31(2)17(30-19)29-18(33)34)8-3-5-10(22)15(14(8)23)28-16-11(27)6-4-9(21)13(16)20(24,25)26/h3-6,28H,7,27H2,1-2H3,(H,29,30)(H,33,34)/t19-/m0/s1. The molecule has 0 aliphatic carbocycles. The number of guanidine groups is 1. The van der Waals surface area contributed by atoms with Crippen LogP contribution in [0, 0.1) is 11.6 Å². The van der Waals surface area contributed by atoms with Gasteiger partial charge in [0.15, 0.2) is 5.82 Å². The molecule has 1 atom stereocenters. The molecule has 2 aromatic carbocycles. The van der Waals surface area contributed by atoms with Crippen LogP contribution >= 0.6 is 11.6 Å². The molecule has 2 amide bonds. The zero-order valence-electron chi connectivity index (χ0n) is 17.5. The maximum atomic E-state index is 15.5. The van der Waals surface area contributed by atoms with Crippen LogP contribution in [0.15, 0.2) is 29.3 Å². The van der Waals surface area contributed by atoms with Crippen molar-refractivity contribution in [1.82, 2.24) is 10.2 Å². The Morgan fingerprint density at radius 3 is 2.50 bits per heavy atom. The molecule has 2 aromatic rings. The summed E-state index contributed by atoms with van der Waals surface area (Å²) in [4.78, 5) is 27.6. The highest BCUT2D eigenvalue weighted by Crippen LogP contribution is 2.45. The van der Waals surface area contributed by atoms with Gasteiger partial charge in [-0.15, -0.1) is 4.99 Å². The molecule has 1 heterocycles. The average Bonchev–Trinajstić information content (AvgIpc) is 2.69. The summed E-state index contributed by atoms with van der Waals surface area (Å²) in [5, 5.41) is 12.9. The summed E-state index contributed by atoms with van der Waals surface area (Å²) in [7, 11) is 1.24. The van der Waals surface area contributed by atoms with Crippen molar-refractivity contribution < 1.29 is 36.6 Å². The summed E-state index contributed by atoms with van der Waals surface area (Å²) in [6, 6.07) is 3.68. The van der Waals surface area contributed by atoms with Crippen LogP contribution in [0.3, 0.4) is 0 Å². The number of amides is 2. The van der Waals surface area contributed by atoms with Crippen molar-refractivity contribution in [3.8, 4) is 0 Å². The van der Waals surface area contributed by atoms with Gasteiger partial charge in [0.2, 0.25) is 11.9 Å². The van der Waals surface area contributed by atoms with E-state index in [1.807, 2.05) is 0 Å². The van der Waals surface area contributed by atoms with Gasteiger partial charge in [-0.2, -0.15) is 13.2 Å². The van der Waals surface area contributed by atoms with E-state index in [-0.39, 0.29) is 5.56 Å². The lowest BCUT2D eigenvalue weighted by atomic mass is 9.85. The van der Waals surface area contributed by atoms with E-state index in [9.17, 15) is 27.2 Å². The Hall–Kier alpha value is -3.61. The molecule has 1 saturated heterocycles. The Bertz CT molecular complexity index is 1220. The minimum atomic E-state index is -5.00. The number of carboxylic acid groups (broad SMARTS) is 1. The van der Waals surface area contributed by atoms with Crippen LogP contribution in [0.1, 0.15) is 24.5 Å². The van der Waals surface area contributed by atoms with Gasteiger partial charge in [0, 0.05) is 12.6 Å². The molecule has 1 fully saturated rings. The summed E-state index contributed by atoms with van der Waals surface area (Å²) in [5.41, 5.74) is -0.0719. The minimum Gasteiger partial charge on any atom is -0.463 e. The summed E-state index contributed by atoms with van der Waals surface area (Å²) >= 11 is 5.68. The quantitative estimate of drug-likeness (QED) is 0.356. The van der Waals surface area contributed by atoms with Gasteiger partial charge in [0.1, 0.15) is 11.5 Å². The molecule has 0 saturated carbocycles. The van der Waals surface area contributed by atoms with Crippen molar-refractivity contribution in [3.05, 3.63) is 52.0 Å². The summed E-state index contributed by atoms with van der Waals surface area (Å²) in [5.74, 6) is -3.65. The van der Waals surface area contributed by atoms with Gasteiger partial charge in [-0.25, -0.2) is 13.6 Å². The van der Waals surface area contributed by atoms with E-state index < -0.39 is 75.4 Å². The lowest BCUT2D eigenvalue weighted by Gasteiger charge is -2.40. The largest absolute Gasteiger partial charge is 0.463 e. The van der Waals surface area contributed by atoms with Crippen LogP contribution in [0.2, 0.25) is 5.02 Å². The second-order valence-corrected chi connectivity index (χ2v) is 8.01. The number of rotatable bonds is 3. The zero-order valence-corrected chi connectivity index (χ0v) is 18.3. The lowest BCUT2D eigenvalue weighted by Crippen LogP contribution is -2.59.